The van der Waals surface area contributed by atoms with Crippen LogP contribution in [-0.4, -0.2) is 27.1 Å². The van der Waals surface area contributed by atoms with Crippen molar-refractivity contribution < 1.29 is 9.53 Å². The Labute approximate surface area is 162 Å². The van der Waals surface area contributed by atoms with Gasteiger partial charge in [-0.25, -0.2) is 0 Å². The van der Waals surface area contributed by atoms with Gasteiger partial charge in [0, 0.05) is 12.0 Å². The first-order valence-electron chi connectivity index (χ1n) is 9.89. The van der Waals surface area contributed by atoms with Crippen LogP contribution in [0.1, 0.15) is 41.0 Å². The van der Waals surface area contributed by atoms with Crippen molar-refractivity contribution >= 4 is 21.6 Å². The summed E-state index contributed by atoms with van der Waals surface area (Å²) in [6.07, 6.45) is 2.94. The van der Waals surface area contributed by atoms with Gasteiger partial charge in [-0.2, -0.15) is 0 Å². The Bertz CT molecular complexity index is 656. The average Bonchev–Trinajstić information content (AvgIpc) is 2.85. The van der Waals surface area contributed by atoms with Crippen molar-refractivity contribution in [3.05, 3.63) is 42.2 Å². The molecule has 0 saturated heterocycles. The molecule has 0 aliphatic heterocycles. The van der Waals surface area contributed by atoms with E-state index in [2.05, 4.69) is 97.2 Å². The van der Waals surface area contributed by atoms with Crippen LogP contribution in [0.5, 0.6) is 0 Å². The molecule has 1 aromatic rings. The number of hydrogen-bond acceptors (Lipinski definition) is 2. The number of benzene rings is 1. The molecule has 4 heteroatoms. The Hall–Kier alpha value is -0.846. The maximum atomic E-state index is 11.7. The van der Waals surface area contributed by atoms with E-state index < -0.39 is 22.0 Å². The van der Waals surface area contributed by atoms with Crippen molar-refractivity contribution in [1.82, 2.24) is 0 Å². The first-order chi connectivity index (χ1) is 11.7. The second-order valence-electron chi connectivity index (χ2n) is 10.4. The summed E-state index contributed by atoms with van der Waals surface area (Å²) in [6.45, 7) is 20.4. The van der Waals surface area contributed by atoms with Crippen LogP contribution in [0.25, 0.3) is 0 Å². The summed E-state index contributed by atoms with van der Waals surface area (Å²) in [4.78, 5) is 0. The van der Waals surface area contributed by atoms with Crippen LogP contribution in [-0.2, 0) is 4.43 Å². The van der Waals surface area contributed by atoms with Gasteiger partial charge in [-0.1, -0.05) is 83.2 Å². The van der Waals surface area contributed by atoms with Crippen LogP contribution in [0.4, 0.5) is 0 Å². The first-order valence-corrected chi connectivity index (χ1v) is 15.9. The molecule has 0 radical (unpaired) electrons. The molecule has 1 aromatic carbocycles. The molecule has 146 valence electrons. The Morgan fingerprint density at radius 3 is 2.08 bits per heavy atom. The maximum Gasteiger partial charge on any atom is 0.250 e. The molecule has 0 saturated carbocycles. The summed E-state index contributed by atoms with van der Waals surface area (Å²) in [5, 5.41) is 13.3. The maximum absolute atomic E-state index is 11.7. The lowest BCUT2D eigenvalue weighted by atomic mass is 9.87. The Morgan fingerprint density at radius 2 is 1.62 bits per heavy atom. The van der Waals surface area contributed by atoms with Gasteiger partial charge < -0.3 is 9.53 Å². The van der Waals surface area contributed by atoms with E-state index >= 15 is 0 Å². The van der Waals surface area contributed by atoms with Crippen molar-refractivity contribution in [2.24, 2.45) is 5.92 Å². The average molecular weight is 391 g/mol. The molecule has 1 N–H and O–H groups in total. The Kier molecular flexibility index (Phi) is 5.74. The molecule has 0 fully saturated rings. The smallest absolute Gasteiger partial charge is 0.250 e. The fraction of sp³-hybridized carbons (Fsp3) is 0.636. The highest BCUT2D eigenvalue weighted by molar-refractivity contribution is 6.91. The third-order valence-electron chi connectivity index (χ3n) is 6.84. The minimum Gasteiger partial charge on any atom is -0.547 e. The standard InChI is InChI=1S/C22H38O2Si2/c1-17(2)22(23)16-18(24-26(8,9)21(3,4)5)15-20(22)25(6,7)19-13-11-10-12-14-19/h10-15,17,20,23H,16H2,1-9H3/t20-,22-/m0/s1. The van der Waals surface area contributed by atoms with E-state index in [1.165, 1.54) is 5.19 Å². The van der Waals surface area contributed by atoms with E-state index in [0.717, 1.165) is 5.76 Å². The zero-order chi connectivity index (χ0) is 20.0. The van der Waals surface area contributed by atoms with Crippen LogP contribution in [0.3, 0.4) is 0 Å². The Balaban J connectivity index is 2.43. The largest absolute Gasteiger partial charge is 0.547 e. The molecule has 0 unspecified atom stereocenters. The van der Waals surface area contributed by atoms with Gasteiger partial charge in [0.15, 0.2) is 0 Å². The fourth-order valence-corrected chi connectivity index (χ4v) is 8.57. The molecule has 0 aromatic heterocycles. The van der Waals surface area contributed by atoms with Crippen LogP contribution >= 0.6 is 0 Å². The van der Waals surface area contributed by atoms with Gasteiger partial charge in [-0.05, 0) is 30.1 Å². The second-order valence-corrected chi connectivity index (χ2v) is 19.8. The van der Waals surface area contributed by atoms with E-state index in [1.54, 1.807) is 0 Å². The fourth-order valence-electron chi connectivity index (χ4n) is 3.77. The van der Waals surface area contributed by atoms with E-state index in [9.17, 15) is 5.11 Å². The van der Waals surface area contributed by atoms with Crippen molar-refractivity contribution in [1.29, 1.82) is 0 Å². The molecule has 0 bridgehead atoms. The van der Waals surface area contributed by atoms with Crippen LogP contribution in [0.15, 0.2) is 42.2 Å². The molecular formula is C22H38O2Si2. The van der Waals surface area contributed by atoms with E-state index in [-0.39, 0.29) is 16.5 Å². The lowest BCUT2D eigenvalue weighted by Gasteiger charge is -2.42. The Morgan fingerprint density at radius 1 is 1.08 bits per heavy atom. The third-order valence-corrected chi connectivity index (χ3v) is 15.3. The highest BCUT2D eigenvalue weighted by Crippen LogP contribution is 2.50. The molecule has 0 heterocycles. The topological polar surface area (TPSA) is 29.5 Å². The minimum absolute atomic E-state index is 0.161. The van der Waals surface area contributed by atoms with Gasteiger partial charge in [-0.3, -0.25) is 0 Å². The van der Waals surface area contributed by atoms with Crippen molar-refractivity contribution in [2.75, 3.05) is 0 Å². The lowest BCUT2D eigenvalue weighted by Crippen LogP contribution is -2.54. The second kappa shape index (κ2) is 6.95. The SMILES string of the molecule is CC(C)[C@@]1(O)CC(O[Si](C)(C)C(C)(C)C)=C[C@@H]1[Si](C)(C)c1ccccc1. The zero-order valence-corrected chi connectivity index (χ0v) is 20.2. The molecule has 2 rings (SSSR count). The van der Waals surface area contributed by atoms with E-state index in [0.29, 0.717) is 6.42 Å². The van der Waals surface area contributed by atoms with Crippen LogP contribution < -0.4 is 5.19 Å². The van der Waals surface area contributed by atoms with Gasteiger partial charge in [0.1, 0.15) is 0 Å². The molecule has 26 heavy (non-hydrogen) atoms. The third kappa shape index (κ3) is 3.87. The number of hydrogen-bond donors (Lipinski definition) is 1. The highest BCUT2D eigenvalue weighted by atomic mass is 28.4. The van der Waals surface area contributed by atoms with Gasteiger partial charge >= 0.3 is 0 Å². The van der Waals surface area contributed by atoms with Gasteiger partial charge in [-0.15, -0.1) is 0 Å². The minimum atomic E-state index is -1.90. The number of aliphatic hydroxyl groups is 1. The predicted molar refractivity (Wildman–Crippen MR) is 118 cm³/mol. The van der Waals surface area contributed by atoms with Crippen molar-refractivity contribution in [3.8, 4) is 0 Å². The normalized spacial score (nSPS) is 24.7. The summed E-state index contributed by atoms with van der Waals surface area (Å²) in [6, 6.07) is 10.8. The van der Waals surface area contributed by atoms with Crippen LogP contribution in [0, 0.1) is 5.92 Å². The first kappa shape index (κ1) is 21.5. The van der Waals surface area contributed by atoms with Crippen molar-refractivity contribution in [3.63, 3.8) is 0 Å². The summed E-state index contributed by atoms with van der Waals surface area (Å²) >= 11 is 0. The molecule has 1 aliphatic carbocycles. The molecule has 0 amide bonds. The van der Waals surface area contributed by atoms with Crippen LogP contribution in [0.2, 0.25) is 36.8 Å². The van der Waals surface area contributed by atoms with Gasteiger partial charge in [0.25, 0.3) is 0 Å². The van der Waals surface area contributed by atoms with Gasteiger partial charge in [0.2, 0.25) is 8.32 Å². The summed E-state index contributed by atoms with van der Waals surface area (Å²) in [5.41, 5.74) is -0.555. The summed E-state index contributed by atoms with van der Waals surface area (Å²) in [7, 11) is -3.80. The van der Waals surface area contributed by atoms with E-state index in [1.807, 2.05) is 0 Å². The summed E-state index contributed by atoms with van der Waals surface area (Å²) in [5.74, 6) is 1.22. The zero-order valence-electron chi connectivity index (χ0n) is 18.2. The highest BCUT2D eigenvalue weighted by Gasteiger charge is 2.53. The molecule has 0 spiro atoms. The molecule has 1 aliphatic rings. The molecular weight excluding hydrogens is 352 g/mol. The lowest BCUT2D eigenvalue weighted by molar-refractivity contribution is 0.000457. The number of rotatable bonds is 5. The molecule has 2 nitrogen and oxygen atoms in total. The van der Waals surface area contributed by atoms with Crippen molar-refractivity contribution in [2.45, 2.75) is 83.4 Å². The predicted octanol–water partition coefficient (Wildman–Crippen LogP) is 5.67. The molecule has 2 atom stereocenters. The quantitative estimate of drug-likeness (QED) is 0.656. The monoisotopic (exact) mass is 390 g/mol. The summed E-state index contributed by atoms with van der Waals surface area (Å²) < 4.78 is 6.63. The van der Waals surface area contributed by atoms with Gasteiger partial charge in [0.05, 0.1) is 19.4 Å². The van der Waals surface area contributed by atoms with E-state index in [4.69, 9.17) is 4.43 Å².